The lowest BCUT2D eigenvalue weighted by molar-refractivity contribution is -0.116. The molecule has 0 aromatic heterocycles. The number of sulfonamides is 1. The number of rotatable bonds is 6. The maximum Gasteiger partial charge on any atom is 0.242 e. The van der Waals surface area contributed by atoms with Gasteiger partial charge in [-0.2, -0.15) is 0 Å². The highest BCUT2D eigenvalue weighted by Crippen LogP contribution is 2.22. The fourth-order valence-corrected chi connectivity index (χ4v) is 2.98. The maximum absolute atomic E-state index is 11.9. The lowest BCUT2D eigenvalue weighted by Crippen LogP contribution is -2.27. The minimum Gasteiger partial charge on any atom is -0.395 e. The quantitative estimate of drug-likeness (QED) is 0.810. The van der Waals surface area contributed by atoms with Crippen molar-refractivity contribution in [3.05, 3.63) is 28.8 Å². The lowest BCUT2D eigenvalue weighted by atomic mass is 10.1. The predicted molar refractivity (Wildman–Crippen MR) is 68.1 cm³/mol. The van der Waals surface area contributed by atoms with Gasteiger partial charge in [-0.25, -0.2) is 13.1 Å². The summed E-state index contributed by atoms with van der Waals surface area (Å²) in [6.07, 6.45) is 0.152. The molecule has 0 spiro atoms. The van der Waals surface area contributed by atoms with Gasteiger partial charge in [-0.05, 0) is 24.6 Å². The molecule has 1 rings (SSSR count). The predicted octanol–water partition coefficient (Wildman–Crippen LogP) is 0.742. The number of hydrogen-bond donors (Lipinski definition) is 2. The van der Waals surface area contributed by atoms with Crippen molar-refractivity contribution in [3.8, 4) is 0 Å². The normalized spacial score (nSPS) is 11.5. The lowest BCUT2D eigenvalue weighted by Gasteiger charge is -2.09. The van der Waals surface area contributed by atoms with Crippen molar-refractivity contribution in [2.75, 3.05) is 13.2 Å². The van der Waals surface area contributed by atoms with Crippen LogP contribution in [0.5, 0.6) is 0 Å². The van der Waals surface area contributed by atoms with Crippen LogP contribution < -0.4 is 4.72 Å². The largest absolute Gasteiger partial charge is 0.395 e. The van der Waals surface area contributed by atoms with Crippen LogP contribution in [0, 0.1) is 0 Å². The van der Waals surface area contributed by atoms with Crippen LogP contribution in [0.3, 0.4) is 0 Å². The fourth-order valence-electron chi connectivity index (χ4n) is 1.41. The van der Waals surface area contributed by atoms with E-state index < -0.39 is 10.0 Å². The summed E-state index contributed by atoms with van der Waals surface area (Å²) in [5.41, 5.74) is 0.580. The first-order chi connectivity index (χ1) is 8.36. The molecule has 0 bridgehead atoms. The number of Topliss-reactive ketones (excluding diaryl/α,β-unsaturated/α-hetero) is 1. The van der Waals surface area contributed by atoms with E-state index in [1.54, 1.807) is 6.07 Å². The zero-order chi connectivity index (χ0) is 13.8. The van der Waals surface area contributed by atoms with Crippen LogP contribution in [0.2, 0.25) is 5.02 Å². The zero-order valence-electron chi connectivity index (χ0n) is 9.81. The summed E-state index contributed by atoms with van der Waals surface area (Å²) in [4.78, 5) is 10.9. The number of benzene rings is 1. The molecule has 1 aromatic carbocycles. The van der Waals surface area contributed by atoms with Crippen molar-refractivity contribution in [3.63, 3.8) is 0 Å². The van der Waals surface area contributed by atoms with Crippen molar-refractivity contribution in [2.24, 2.45) is 0 Å². The molecule has 0 aliphatic rings. The van der Waals surface area contributed by atoms with Gasteiger partial charge in [0.05, 0.1) is 11.6 Å². The highest BCUT2D eigenvalue weighted by atomic mass is 35.5. The van der Waals surface area contributed by atoms with E-state index in [-0.39, 0.29) is 35.3 Å². The van der Waals surface area contributed by atoms with Crippen LogP contribution in [0.15, 0.2) is 23.1 Å². The van der Waals surface area contributed by atoms with Gasteiger partial charge in [-0.3, -0.25) is 4.79 Å². The summed E-state index contributed by atoms with van der Waals surface area (Å²) < 4.78 is 25.9. The third-order valence-corrected chi connectivity index (χ3v) is 4.08. The maximum atomic E-state index is 11.9. The Kier molecular flexibility index (Phi) is 5.28. The number of carbonyl (C=O) groups excluding carboxylic acids is 1. The zero-order valence-corrected chi connectivity index (χ0v) is 11.4. The Morgan fingerprint density at radius 1 is 1.44 bits per heavy atom. The first-order valence-electron chi connectivity index (χ1n) is 5.25. The van der Waals surface area contributed by atoms with Gasteiger partial charge in [0.15, 0.2) is 0 Å². The molecule has 0 fully saturated rings. The summed E-state index contributed by atoms with van der Waals surface area (Å²) in [7, 11) is -3.76. The van der Waals surface area contributed by atoms with Gasteiger partial charge in [0, 0.05) is 13.0 Å². The molecule has 0 radical (unpaired) electrons. The van der Waals surface area contributed by atoms with Crippen molar-refractivity contribution in [2.45, 2.75) is 18.2 Å². The Labute approximate surface area is 111 Å². The van der Waals surface area contributed by atoms with Gasteiger partial charge in [-0.1, -0.05) is 17.7 Å². The second-order valence-electron chi connectivity index (χ2n) is 3.76. The van der Waals surface area contributed by atoms with Crippen molar-refractivity contribution >= 4 is 27.4 Å². The topological polar surface area (TPSA) is 83.5 Å². The summed E-state index contributed by atoms with van der Waals surface area (Å²) in [6.45, 7) is 1.03. The molecule has 0 amide bonds. The smallest absolute Gasteiger partial charge is 0.242 e. The van der Waals surface area contributed by atoms with E-state index in [1.807, 2.05) is 0 Å². The van der Waals surface area contributed by atoms with Crippen LogP contribution in [-0.2, 0) is 21.2 Å². The second kappa shape index (κ2) is 6.29. The number of aliphatic hydroxyl groups is 1. The monoisotopic (exact) mass is 291 g/mol. The minimum absolute atomic E-state index is 0.0658. The number of aliphatic hydroxyl groups excluding tert-OH is 1. The molecule has 1 aromatic rings. The average Bonchev–Trinajstić information content (AvgIpc) is 2.28. The Morgan fingerprint density at radius 3 is 2.67 bits per heavy atom. The number of halogens is 1. The van der Waals surface area contributed by atoms with Gasteiger partial charge in [-0.15, -0.1) is 0 Å². The van der Waals surface area contributed by atoms with Crippen LogP contribution in [-0.4, -0.2) is 32.5 Å². The van der Waals surface area contributed by atoms with E-state index in [4.69, 9.17) is 16.7 Å². The average molecular weight is 292 g/mol. The second-order valence-corrected chi connectivity index (χ2v) is 5.91. The first kappa shape index (κ1) is 15.1. The Balaban J connectivity index is 3.11. The van der Waals surface area contributed by atoms with E-state index in [1.165, 1.54) is 19.1 Å². The minimum atomic E-state index is -3.76. The number of nitrogens with one attached hydrogen (secondary N) is 1. The molecule has 100 valence electrons. The summed E-state index contributed by atoms with van der Waals surface area (Å²) >= 11 is 5.83. The van der Waals surface area contributed by atoms with E-state index in [0.717, 1.165) is 0 Å². The molecule has 18 heavy (non-hydrogen) atoms. The van der Waals surface area contributed by atoms with Gasteiger partial charge < -0.3 is 5.11 Å². The number of hydrogen-bond acceptors (Lipinski definition) is 4. The van der Waals surface area contributed by atoms with E-state index in [2.05, 4.69) is 4.72 Å². The molecule has 0 heterocycles. The van der Waals surface area contributed by atoms with Crippen molar-refractivity contribution < 1.29 is 18.3 Å². The summed E-state index contributed by atoms with van der Waals surface area (Å²) in [5.74, 6) is -0.0658. The number of carbonyl (C=O) groups is 1. The Morgan fingerprint density at radius 2 is 2.11 bits per heavy atom. The third-order valence-electron chi connectivity index (χ3n) is 2.14. The van der Waals surface area contributed by atoms with Crippen molar-refractivity contribution in [1.29, 1.82) is 0 Å². The van der Waals surface area contributed by atoms with Crippen LogP contribution >= 0.6 is 11.6 Å². The standard InChI is InChI=1S/C11H14ClNO4S/c1-8(15)6-9-2-3-10(12)11(7-9)18(16,17)13-4-5-14/h2-3,7,13-14H,4-6H2,1H3. The fraction of sp³-hybridized carbons (Fsp3) is 0.364. The molecule has 0 saturated heterocycles. The van der Waals surface area contributed by atoms with Crippen LogP contribution in [0.4, 0.5) is 0 Å². The van der Waals surface area contributed by atoms with E-state index in [9.17, 15) is 13.2 Å². The van der Waals surface area contributed by atoms with Crippen molar-refractivity contribution in [1.82, 2.24) is 4.72 Å². The Hall–Kier alpha value is -0.950. The SMILES string of the molecule is CC(=O)Cc1ccc(Cl)c(S(=O)(=O)NCCO)c1. The van der Waals surface area contributed by atoms with Crippen LogP contribution in [0.25, 0.3) is 0 Å². The molecule has 5 nitrogen and oxygen atoms in total. The van der Waals surface area contributed by atoms with Gasteiger partial charge in [0.2, 0.25) is 10.0 Å². The highest BCUT2D eigenvalue weighted by Gasteiger charge is 2.18. The third kappa shape index (κ3) is 4.06. The molecule has 0 aliphatic carbocycles. The van der Waals surface area contributed by atoms with Gasteiger partial charge in [0.25, 0.3) is 0 Å². The molecule has 0 aliphatic heterocycles. The first-order valence-corrected chi connectivity index (χ1v) is 7.11. The molecule has 0 saturated carbocycles. The molecule has 2 N–H and O–H groups in total. The highest BCUT2D eigenvalue weighted by molar-refractivity contribution is 7.89. The van der Waals surface area contributed by atoms with E-state index in [0.29, 0.717) is 5.56 Å². The molecule has 0 atom stereocenters. The number of ketones is 1. The van der Waals surface area contributed by atoms with Crippen LogP contribution in [0.1, 0.15) is 12.5 Å². The van der Waals surface area contributed by atoms with E-state index >= 15 is 0 Å². The van der Waals surface area contributed by atoms with Gasteiger partial charge in [0.1, 0.15) is 10.7 Å². The summed E-state index contributed by atoms with van der Waals surface area (Å²) in [6, 6.07) is 4.41. The molecular formula is C11H14ClNO4S. The van der Waals surface area contributed by atoms with Gasteiger partial charge >= 0.3 is 0 Å². The Bertz CT molecular complexity index is 542. The summed E-state index contributed by atoms with van der Waals surface area (Å²) in [5, 5.41) is 8.69. The molecular weight excluding hydrogens is 278 g/mol. The molecule has 0 unspecified atom stereocenters. The molecule has 7 heteroatoms.